The fourth-order valence-electron chi connectivity index (χ4n) is 1.66. The van der Waals surface area contributed by atoms with Gasteiger partial charge >= 0.3 is 0 Å². The molecule has 0 amide bonds. The summed E-state index contributed by atoms with van der Waals surface area (Å²) in [5.41, 5.74) is 1.48. The maximum Gasteiger partial charge on any atom is 0.261 e. The summed E-state index contributed by atoms with van der Waals surface area (Å²) in [6.07, 6.45) is 6.51. The maximum atomic E-state index is 9.64. The summed E-state index contributed by atoms with van der Waals surface area (Å²) >= 11 is 0. The summed E-state index contributed by atoms with van der Waals surface area (Å²) in [5.74, 6) is 0.622. The van der Waals surface area contributed by atoms with Crippen LogP contribution in [0, 0.1) is 0 Å². The Kier molecular flexibility index (Phi) is 2.52. The summed E-state index contributed by atoms with van der Waals surface area (Å²) in [7, 11) is 0. The van der Waals surface area contributed by atoms with Crippen LogP contribution in [-0.2, 0) is 0 Å². The molecule has 3 rings (SSSR count). The van der Waals surface area contributed by atoms with Crippen LogP contribution in [0.2, 0.25) is 0 Å². The van der Waals surface area contributed by atoms with E-state index in [0.29, 0.717) is 17.9 Å². The molecule has 7 nitrogen and oxygen atoms in total. The molecule has 1 N–H and O–H groups in total. The second kappa shape index (κ2) is 4.19. The van der Waals surface area contributed by atoms with Gasteiger partial charge in [0.05, 0.1) is 23.5 Å². The Bertz CT molecular complexity index is 675. The van der Waals surface area contributed by atoms with Gasteiger partial charge in [-0.2, -0.15) is 10.1 Å². The van der Waals surface area contributed by atoms with E-state index < -0.39 is 6.10 Å². The molecule has 3 aromatic heterocycles. The first-order valence-corrected chi connectivity index (χ1v) is 5.59. The number of nitrogens with zero attached hydrogens (tertiary/aromatic N) is 5. The minimum atomic E-state index is -0.706. The molecule has 0 saturated heterocycles. The van der Waals surface area contributed by atoms with Crippen LogP contribution in [0.3, 0.4) is 0 Å². The van der Waals surface area contributed by atoms with Crippen LogP contribution in [0.15, 0.2) is 29.3 Å². The Morgan fingerprint density at radius 2 is 2.33 bits per heavy atom. The maximum absolute atomic E-state index is 9.64. The van der Waals surface area contributed by atoms with E-state index in [4.69, 9.17) is 4.52 Å². The molecule has 0 fully saturated rings. The number of rotatable bonds is 3. The van der Waals surface area contributed by atoms with Crippen molar-refractivity contribution in [1.29, 1.82) is 0 Å². The third kappa shape index (κ3) is 1.65. The molecule has 0 aliphatic rings. The first-order valence-electron chi connectivity index (χ1n) is 5.59. The molecule has 0 aliphatic heterocycles. The van der Waals surface area contributed by atoms with Crippen molar-refractivity contribution in [2.24, 2.45) is 0 Å². The van der Waals surface area contributed by atoms with Crippen LogP contribution in [0.25, 0.3) is 17.0 Å². The minimum absolute atomic E-state index is 0.288. The van der Waals surface area contributed by atoms with E-state index in [2.05, 4.69) is 20.2 Å². The highest BCUT2D eigenvalue weighted by atomic mass is 16.5. The van der Waals surface area contributed by atoms with Crippen LogP contribution in [0.1, 0.15) is 25.3 Å². The average molecular weight is 245 g/mol. The lowest BCUT2D eigenvalue weighted by atomic mass is 10.2. The van der Waals surface area contributed by atoms with Gasteiger partial charge in [-0.3, -0.25) is 4.98 Å². The van der Waals surface area contributed by atoms with Gasteiger partial charge in [-0.15, -0.1) is 0 Å². The van der Waals surface area contributed by atoms with Gasteiger partial charge in [-0.25, -0.2) is 4.52 Å². The molecule has 1 atom stereocenters. The predicted molar refractivity (Wildman–Crippen MR) is 61.5 cm³/mol. The largest absolute Gasteiger partial charge is 0.385 e. The summed E-state index contributed by atoms with van der Waals surface area (Å²) in [5, 5.41) is 17.5. The van der Waals surface area contributed by atoms with Crippen molar-refractivity contribution in [1.82, 2.24) is 24.7 Å². The third-order valence-electron chi connectivity index (χ3n) is 2.68. The molecule has 3 heterocycles. The van der Waals surface area contributed by atoms with E-state index in [0.717, 1.165) is 5.52 Å². The van der Waals surface area contributed by atoms with Crippen molar-refractivity contribution in [2.75, 3.05) is 0 Å². The second-order valence-electron chi connectivity index (χ2n) is 3.85. The van der Waals surface area contributed by atoms with Crippen molar-refractivity contribution in [2.45, 2.75) is 19.4 Å². The normalized spacial score (nSPS) is 13.0. The standard InChI is InChI=1S/C11H11N5O2/c1-2-9(17)10-14-11(18-15-10)7-5-13-16-4-3-12-6-8(7)16/h3-6,9,17H,2H2,1H3. The van der Waals surface area contributed by atoms with E-state index in [1.165, 1.54) is 0 Å². The van der Waals surface area contributed by atoms with Crippen molar-refractivity contribution >= 4 is 5.52 Å². The molecule has 0 aliphatic carbocycles. The van der Waals surface area contributed by atoms with Gasteiger partial charge in [-0.1, -0.05) is 12.1 Å². The van der Waals surface area contributed by atoms with E-state index in [1.807, 2.05) is 6.92 Å². The molecule has 0 bridgehead atoms. The van der Waals surface area contributed by atoms with Crippen LogP contribution < -0.4 is 0 Å². The molecule has 7 heteroatoms. The Morgan fingerprint density at radius 1 is 1.44 bits per heavy atom. The van der Waals surface area contributed by atoms with Crippen molar-refractivity contribution < 1.29 is 9.63 Å². The Labute approximate surface area is 102 Å². The zero-order valence-corrected chi connectivity index (χ0v) is 9.69. The quantitative estimate of drug-likeness (QED) is 0.746. The molecule has 3 aromatic rings. The second-order valence-corrected chi connectivity index (χ2v) is 3.85. The van der Waals surface area contributed by atoms with Gasteiger partial charge < -0.3 is 9.63 Å². The highest BCUT2D eigenvalue weighted by molar-refractivity contribution is 5.73. The molecule has 18 heavy (non-hydrogen) atoms. The predicted octanol–water partition coefficient (Wildman–Crippen LogP) is 1.22. The van der Waals surface area contributed by atoms with Crippen molar-refractivity contribution in [3.63, 3.8) is 0 Å². The molecule has 0 saturated carbocycles. The molecule has 92 valence electrons. The van der Waals surface area contributed by atoms with E-state index >= 15 is 0 Å². The molecular weight excluding hydrogens is 234 g/mol. The minimum Gasteiger partial charge on any atom is -0.385 e. The van der Waals surface area contributed by atoms with Gasteiger partial charge in [0.2, 0.25) is 5.82 Å². The lowest BCUT2D eigenvalue weighted by Gasteiger charge is -1.97. The summed E-state index contributed by atoms with van der Waals surface area (Å²) in [6, 6.07) is 0. The topological polar surface area (TPSA) is 89.3 Å². The molecule has 0 radical (unpaired) electrons. The van der Waals surface area contributed by atoms with Gasteiger partial charge in [0.15, 0.2) is 0 Å². The van der Waals surface area contributed by atoms with Crippen molar-refractivity contribution in [3.8, 4) is 11.5 Å². The number of fused-ring (bicyclic) bond motifs is 1. The molecule has 0 spiro atoms. The average Bonchev–Trinajstić information content (AvgIpc) is 3.03. The number of aromatic nitrogens is 5. The highest BCUT2D eigenvalue weighted by Gasteiger charge is 2.17. The van der Waals surface area contributed by atoms with Gasteiger partial charge in [0.25, 0.3) is 5.89 Å². The van der Waals surface area contributed by atoms with Crippen LogP contribution in [0.5, 0.6) is 0 Å². The zero-order chi connectivity index (χ0) is 12.5. The monoisotopic (exact) mass is 245 g/mol. The molecule has 0 aromatic carbocycles. The Morgan fingerprint density at radius 3 is 3.17 bits per heavy atom. The highest BCUT2D eigenvalue weighted by Crippen LogP contribution is 2.23. The van der Waals surface area contributed by atoms with Crippen LogP contribution in [-0.4, -0.2) is 29.8 Å². The van der Waals surface area contributed by atoms with Crippen LogP contribution >= 0.6 is 0 Å². The van der Waals surface area contributed by atoms with E-state index in [-0.39, 0.29) is 5.82 Å². The Balaban J connectivity index is 2.07. The number of aliphatic hydroxyl groups is 1. The lowest BCUT2D eigenvalue weighted by molar-refractivity contribution is 0.159. The zero-order valence-electron chi connectivity index (χ0n) is 9.69. The third-order valence-corrected chi connectivity index (χ3v) is 2.68. The van der Waals surface area contributed by atoms with Gasteiger partial charge in [0.1, 0.15) is 6.10 Å². The van der Waals surface area contributed by atoms with Gasteiger partial charge in [0, 0.05) is 12.4 Å². The van der Waals surface area contributed by atoms with E-state index in [1.54, 1.807) is 29.3 Å². The first-order chi connectivity index (χ1) is 8.79. The smallest absolute Gasteiger partial charge is 0.261 e. The van der Waals surface area contributed by atoms with Gasteiger partial charge in [-0.05, 0) is 6.42 Å². The van der Waals surface area contributed by atoms with Crippen LogP contribution in [0.4, 0.5) is 0 Å². The summed E-state index contributed by atoms with van der Waals surface area (Å²) in [4.78, 5) is 8.19. The van der Waals surface area contributed by atoms with Crippen molar-refractivity contribution in [3.05, 3.63) is 30.6 Å². The molecular formula is C11H11N5O2. The first kappa shape index (κ1) is 10.8. The Hall–Kier alpha value is -2.28. The molecule has 1 unspecified atom stereocenters. The fourth-order valence-corrected chi connectivity index (χ4v) is 1.66. The number of hydrogen-bond acceptors (Lipinski definition) is 6. The summed E-state index contributed by atoms with van der Waals surface area (Å²) in [6.45, 7) is 1.85. The number of aliphatic hydroxyl groups excluding tert-OH is 1. The summed E-state index contributed by atoms with van der Waals surface area (Å²) < 4.78 is 6.81. The lowest BCUT2D eigenvalue weighted by Crippen LogP contribution is -1.97. The van der Waals surface area contributed by atoms with E-state index in [9.17, 15) is 5.11 Å². The number of hydrogen-bond donors (Lipinski definition) is 1. The SMILES string of the molecule is CCC(O)c1noc(-c2cnn3ccncc23)n1. The fraction of sp³-hybridized carbons (Fsp3) is 0.273.